The highest BCUT2D eigenvalue weighted by molar-refractivity contribution is 6.28. The molecule has 8 rings (SSSR count). The molecular weight excluding hydrogens is 794 g/mol. The highest BCUT2D eigenvalue weighted by Gasteiger charge is 2.25. The van der Waals surface area contributed by atoms with Gasteiger partial charge in [0, 0.05) is 60.8 Å². The molecule has 19 heteroatoms. The quantitative estimate of drug-likeness (QED) is 0.0659. The minimum absolute atomic E-state index is 0. The summed E-state index contributed by atoms with van der Waals surface area (Å²) < 4.78 is 37.5. The van der Waals surface area contributed by atoms with Gasteiger partial charge in [0.2, 0.25) is 35.0 Å². The summed E-state index contributed by atoms with van der Waals surface area (Å²) in [6.45, 7) is 10.6. The summed E-state index contributed by atoms with van der Waals surface area (Å²) in [5, 5.41) is 15.8. The fourth-order valence-corrected chi connectivity index (χ4v) is 7.10. The Morgan fingerprint density at radius 3 is 1.58 bits per heavy atom. The van der Waals surface area contributed by atoms with Crippen LogP contribution in [0.15, 0.2) is 36.4 Å². The van der Waals surface area contributed by atoms with Crippen molar-refractivity contribution < 1.29 is 18.3 Å². The summed E-state index contributed by atoms with van der Waals surface area (Å²) in [7, 11) is 2.85. The Morgan fingerprint density at radius 2 is 1.12 bits per heavy atom. The van der Waals surface area contributed by atoms with Crippen LogP contribution in [0.3, 0.4) is 0 Å². The van der Waals surface area contributed by atoms with Gasteiger partial charge in [-0.15, -0.1) is 0 Å². The smallest absolute Gasteiger partial charge is 0.233 e. The van der Waals surface area contributed by atoms with E-state index in [9.17, 15) is 8.78 Å². The molecule has 2 aliphatic carbocycles. The first-order chi connectivity index (χ1) is 28.7. The largest absolute Gasteiger partial charge is 0.494 e. The van der Waals surface area contributed by atoms with Crippen LogP contribution in [0.1, 0.15) is 72.6 Å². The topological polar surface area (TPSA) is 188 Å². The average molecular weight is 855 g/mol. The van der Waals surface area contributed by atoms with Crippen molar-refractivity contribution >= 4 is 52.7 Å². The van der Waals surface area contributed by atoms with Gasteiger partial charge in [0.15, 0.2) is 23.1 Å². The molecule has 0 spiro atoms. The lowest BCUT2D eigenvalue weighted by molar-refractivity contribution is 0.272. The number of methoxy groups -OCH3 is 2. The van der Waals surface area contributed by atoms with E-state index in [1.54, 1.807) is 18.2 Å². The molecule has 328 valence electrons. The molecule has 2 unspecified atom stereocenters. The van der Waals surface area contributed by atoms with E-state index < -0.39 is 11.6 Å². The van der Waals surface area contributed by atoms with Crippen LogP contribution in [-0.2, 0) is 0 Å². The molecule has 0 amide bonds. The molecular formula is C41H61ClF2N14O2. The molecule has 0 bridgehead atoms. The summed E-state index contributed by atoms with van der Waals surface area (Å²) in [5.74, 6) is 1.53. The van der Waals surface area contributed by atoms with Crippen LogP contribution in [0.2, 0.25) is 5.28 Å². The number of benzene rings is 2. The molecule has 2 aliphatic heterocycles. The summed E-state index contributed by atoms with van der Waals surface area (Å²) in [5.41, 5.74) is 6.60. The van der Waals surface area contributed by atoms with Crippen LogP contribution < -0.4 is 41.8 Å². The van der Waals surface area contributed by atoms with Crippen molar-refractivity contribution in [1.29, 1.82) is 0 Å². The second kappa shape index (κ2) is 22.6. The average Bonchev–Trinajstić information content (AvgIpc) is 4.12. The Hall–Kier alpha value is -4.91. The summed E-state index contributed by atoms with van der Waals surface area (Å²) >= 11 is 5.86. The van der Waals surface area contributed by atoms with Crippen LogP contribution in [-0.4, -0.2) is 117 Å². The number of nitrogens with one attached hydrogen (secondary N) is 5. The van der Waals surface area contributed by atoms with Crippen molar-refractivity contribution in [1.82, 2.24) is 39.7 Å². The van der Waals surface area contributed by atoms with Crippen molar-refractivity contribution in [2.45, 2.75) is 96.8 Å². The molecule has 4 aliphatic rings. The van der Waals surface area contributed by atoms with Gasteiger partial charge in [-0.05, 0) is 113 Å². The van der Waals surface area contributed by atoms with Crippen molar-refractivity contribution in [3.63, 3.8) is 0 Å². The van der Waals surface area contributed by atoms with Crippen molar-refractivity contribution in [2.24, 2.45) is 5.73 Å². The third-order valence-corrected chi connectivity index (χ3v) is 10.6. The first-order valence-electron chi connectivity index (χ1n) is 20.5. The van der Waals surface area contributed by atoms with Gasteiger partial charge in [0.05, 0.1) is 14.2 Å². The van der Waals surface area contributed by atoms with Gasteiger partial charge in [-0.2, -0.15) is 29.9 Å². The van der Waals surface area contributed by atoms with Gasteiger partial charge in [-0.1, -0.05) is 21.3 Å². The number of hydrogen-bond acceptors (Lipinski definition) is 16. The standard InChI is InChI=1S/C20H28FN7O.C13H13ClFN5O.C7H16N2.CH4/c1-3-28-10-4-5-15(28)12-22-18-25-19(23-13-6-7-13)27-20(26-18)24-14-8-9-17(29-2)16(21)11-14;1-21-10-5-4-8(6-9(10)15)17-13-19-11(14)18-12(20-13)16-7-2-3-7;1-2-9-5-3-4-7(9)6-8;/h8-9,11,13,15H,3-7,10,12H2,1-2H3,(H3,22,23,24,25,26,27);4-7H,2-3H2,1H3,(H2,16,17,18,19,20);7H,2-6,8H2,1H3;1H4. The van der Waals surface area contributed by atoms with E-state index in [-0.39, 0.29) is 30.2 Å². The lowest BCUT2D eigenvalue weighted by atomic mass is 10.2. The van der Waals surface area contributed by atoms with Crippen molar-refractivity contribution in [3.8, 4) is 11.5 Å². The fraction of sp³-hybridized carbons (Fsp3) is 0.561. The fourth-order valence-electron chi connectivity index (χ4n) is 6.94. The summed E-state index contributed by atoms with van der Waals surface area (Å²) in [6.07, 6.45) is 9.48. The van der Waals surface area contributed by atoms with Crippen LogP contribution in [0.4, 0.5) is 49.9 Å². The van der Waals surface area contributed by atoms with E-state index in [0.29, 0.717) is 59.3 Å². The number of aromatic nitrogens is 6. The van der Waals surface area contributed by atoms with Crippen molar-refractivity contribution in [3.05, 3.63) is 53.3 Å². The lowest BCUT2D eigenvalue weighted by Crippen LogP contribution is -2.35. The van der Waals surface area contributed by atoms with Gasteiger partial charge in [0.1, 0.15) is 0 Å². The highest BCUT2D eigenvalue weighted by atomic mass is 35.5. The minimum Gasteiger partial charge on any atom is -0.494 e. The first kappa shape index (κ1) is 46.2. The number of ether oxygens (including phenoxy) is 2. The number of hydrogen-bond donors (Lipinski definition) is 6. The molecule has 4 aromatic rings. The normalized spacial score (nSPS) is 18.5. The number of nitrogens with two attached hydrogens (primary N) is 1. The van der Waals surface area contributed by atoms with Crippen molar-refractivity contribution in [2.75, 3.05) is 80.1 Å². The molecule has 2 aromatic carbocycles. The Kier molecular flexibility index (Phi) is 17.4. The minimum atomic E-state index is -0.473. The monoisotopic (exact) mass is 854 g/mol. The predicted molar refractivity (Wildman–Crippen MR) is 235 cm³/mol. The zero-order chi connectivity index (χ0) is 41.7. The second-order valence-corrected chi connectivity index (χ2v) is 15.1. The molecule has 2 aromatic heterocycles. The van der Waals surface area contributed by atoms with Gasteiger partial charge < -0.3 is 41.8 Å². The zero-order valence-electron chi connectivity index (χ0n) is 34.3. The SMILES string of the molecule is C.CCN1CCCC1CN.CCN1CCCC1CNc1nc(Nc2ccc(OC)c(F)c2)nc(NC2CC2)n1.COc1ccc(Nc2nc(Cl)nc(NC3CC3)n2)cc1F. The maximum absolute atomic E-state index is 14.0. The Morgan fingerprint density at radius 1 is 0.667 bits per heavy atom. The van der Waals surface area contributed by atoms with E-state index in [1.165, 1.54) is 71.2 Å². The van der Waals surface area contributed by atoms with E-state index >= 15 is 0 Å². The molecule has 0 radical (unpaired) electrons. The van der Waals surface area contributed by atoms with Crippen LogP contribution in [0, 0.1) is 11.6 Å². The van der Waals surface area contributed by atoms with Gasteiger partial charge in [-0.25, -0.2) is 8.78 Å². The lowest BCUT2D eigenvalue weighted by Gasteiger charge is -2.23. The first-order valence-corrected chi connectivity index (χ1v) is 20.9. The number of anilines is 7. The van der Waals surface area contributed by atoms with Crippen LogP contribution in [0.5, 0.6) is 11.5 Å². The maximum Gasteiger partial charge on any atom is 0.233 e. The number of halogens is 3. The molecule has 16 nitrogen and oxygen atoms in total. The van der Waals surface area contributed by atoms with E-state index in [0.717, 1.165) is 51.9 Å². The Bertz CT molecular complexity index is 1950. The van der Waals surface area contributed by atoms with Gasteiger partial charge in [-0.3, -0.25) is 9.80 Å². The van der Waals surface area contributed by atoms with Gasteiger partial charge in [0.25, 0.3) is 0 Å². The number of nitrogens with zero attached hydrogens (tertiary/aromatic N) is 8. The molecule has 7 N–H and O–H groups in total. The maximum atomic E-state index is 14.0. The molecule has 2 saturated heterocycles. The van der Waals surface area contributed by atoms with E-state index in [4.69, 9.17) is 26.8 Å². The number of likely N-dealkylation sites (N-methyl/N-ethyl adjacent to an activating group) is 2. The van der Waals surface area contributed by atoms with Crippen LogP contribution >= 0.6 is 11.6 Å². The third-order valence-electron chi connectivity index (χ3n) is 10.5. The number of rotatable bonds is 16. The molecule has 4 fully saturated rings. The van der Waals surface area contributed by atoms with E-state index in [2.05, 4.69) is 80.1 Å². The Labute approximate surface area is 357 Å². The Balaban J connectivity index is 0.000000192. The molecule has 2 saturated carbocycles. The van der Waals surface area contributed by atoms with E-state index in [1.807, 2.05) is 0 Å². The summed E-state index contributed by atoms with van der Waals surface area (Å²) in [4.78, 5) is 30.5. The number of likely N-dealkylation sites (tertiary alicyclic amines) is 2. The van der Waals surface area contributed by atoms with Crippen LogP contribution in [0.25, 0.3) is 0 Å². The second-order valence-electron chi connectivity index (χ2n) is 14.8. The predicted octanol–water partition coefficient (Wildman–Crippen LogP) is 7.29. The molecule has 2 atom stereocenters. The molecule has 60 heavy (non-hydrogen) atoms. The zero-order valence-corrected chi connectivity index (χ0v) is 35.0. The summed E-state index contributed by atoms with van der Waals surface area (Å²) in [6, 6.07) is 11.1. The highest BCUT2D eigenvalue weighted by Crippen LogP contribution is 2.28. The third kappa shape index (κ3) is 13.8. The molecule has 4 heterocycles. The van der Waals surface area contributed by atoms with Gasteiger partial charge >= 0.3 is 0 Å².